The Morgan fingerprint density at radius 2 is 0.459 bits per heavy atom. The Bertz CT molecular complexity index is 3280. The van der Waals surface area contributed by atoms with E-state index in [4.69, 9.17) is 28.9 Å². The molecule has 0 N–H and O–H groups in total. The molecule has 0 aliphatic rings. The molecule has 0 fully saturated rings. The monoisotopic (exact) mass is 1400 g/mol. The van der Waals surface area contributed by atoms with E-state index in [0.717, 1.165) is 103 Å². The Kier molecular flexibility index (Phi) is 19.7. The van der Waals surface area contributed by atoms with Crippen molar-refractivity contribution in [1.82, 2.24) is 29.9 Å². The first kappa shape index (κ1) is 65.4. The molecule has 85 heavy (non-hydrogen) atoms. The van der Waals surface area contributed by atoms with Crippen LogP contribution >= 0.6 is 15.6 Å². The van der Waals surface area contributed by atoms with Crippen molar-refractivity contribution in [3.63, 3.8) is 0 Å². The smallest absolute Gasteiger partial charge is 2.00 e. The van der Waals surface area contributed by atoms with Gasteiger partial charge in [-0.15, -0.1) is 0 Å². The molecule has 0 aliphatic carbocycles. The van der Waals surface area contributed by atoms with Crippen molar-refractivity contribution in [2.45, 2.75) is 0 Å². The minimum absolute atomic E-state index is 0. The van der Waals surface area contributed by atoms with Gasteiger partial charge in [-0.1, -0.05) is 24.3 Å². The van der Waals surface area contributed by atoms with Crippen LogP contribution in [-0.2, 0) is 19.8 Å². The molecule has 0 unspecified atom stereocenters. The second-order valence-corrected chi connectivity index (χ2v) is 21.3. The summed E-state index contributed by atoms with van der Waals surface area (Å²) in [6.45, 7) is 0. The molecule has 27 heteroatoms. The number of aromatic nitrogens is 6. The maximum atomic E-state index is 9.87. The summed E-state index contributed by atoms with van der Waals surface area (Å²) in [5, 5.41) is 0. The first-order valence-electron chi connectivity index (χ1n) is 24.4. The molecule has 0 radical (unpaired) electrons. The van der Waals surface area contributed by atoms with E-state index in [-0.39, 0.29) is 19.8 Å². The molecule has 10 aromatic rings. The minimum atomic E-state index is -10.7. The third-order valence-electron chi connectivity index (χ3n) is 11.2. The Balaban J connectivity index is 0.000000220. The van der Waals surface area contributed by atoms with Crippen LogP contribution < -0.4 is 28.7 Å². The van der Waals surface area contributed by atoms with Gasteiger partial charge in [0.1, 0.15) is 23.0 Å². The third-order valence-corrected chi connectivity index (χ3v) is 11.2. The van der Waals surface area contributed by atoms with E-state index in [0.29, 0.717) is 0 Å². The maximum absolute atomic E-state index is 10.7. The van der Waals surface area contributed by atoms with Crippen LogP contribution in [0.15, 0.2) is 219 Å². The minimum Gasteiger partial charge on any atom is 2.00 e. The Morgan fingerprint density at radius 3 is 0.612 bits per heavy atom. The van der Waals surface area contributed by atoms with Crippen LogP contribution in [0.25, 0.3) is 45.6 Å². The number of pyridine rings is 6. The number of ether oxygens (including phenoxy) is 4. The summed E-state index contributed by atoms with van der Waals surface area (Å²) in [7, 11) is -14.7. The predicted molar refractivity (Wildman–Crippen MR) is 304 cm³/mol. The van der Waals surface area contributed by atoms with Crippen molar-refractivity contribution >= 4 is 49.7 Å². The molecule has 0 aliphatic heterocycles. The summed E-state index contributed by atoms with van der Waals surface area (Å²) in [6.07, 6.45) is 7.09. The van der Waals surface area contributed by atoms with Crippen molar-refractivity contribution in [2.75, 3.05) is 38.2 Å². The summed E-state index contributed by atoms with van der Waals surface area (Å²) >= 11 is 0. The number of hydrogen-bond donors (Lipinski definition) is 0. The number of methoxy groups -OCH3 is 4. The van der Waals surface area contributed by atoms with E-state index in [1.807, 2.05) is 194 Å². The molecule has 4 aromatic carbocycles. The Labute approximate surface area is 492 Å². The molecular weight excluding hydrogens is 1350 g/mol. The molecule has 0 saturated carbocycles. The second kappa shape index (κ2) is 25.6. The predicted octanol–water partition coefficient (Wildman–Crippen LogP) is 20.1. The first-order chi connectivity index (χ1) is 39.4. The molecule has 12 nitrogen and oxygen atoms in total. The number of hydrogen-bond acceptors (Lipinski definition) is 12. The summed E-state index contributed by atoms with van der Waals surface area (Å²) in [5.74, 6) is 3.17. The largest absolute Gasteiger partial charge is 2.00 e. The van der Waals surface area contributed by atoms with E-state index in [1.54, 1.807) is 53.2 Å². The van der Waals surface area contributed by atoms with Crippen LogP contribution in [-0.4, -0.2) is 58.3 Å². The molecular formula is C58H48F12N8O4OsP2. The molecule has 10 rings (SSSR count). The number of nitrogens with zero attached hydrogens (tertiary/aromatic N) is 8. The molecule has 0 atom stereocenters. The zero-order valence-corrected chi connectivity index (χ0v) is 49.1. The van der Waals surface area contributed by atoms with Crippen LogP contribution in [0, 0.1) is 0 Å². The quantitative estimate of drug-likeness (QED) is 0.0761. The van der Waals surface area contributed by atoms with Gasteiger partial charge in [-0.2, -0.15) is 0 Å². The third kappa shape index (κ3) is 22.1. The van der Waals surface area contributed by atoms with Gasteiger partial charge in [0.05, 0.1) is 85.4 Å². The van der Waals surface area contributed by atoms with Gasteiger partial charge in [0.15, 0.2) is 0 Å². The fourth-order valence-electron chi connectivity index (χ4n) is 7.69. The first-order valence-corrected chi connectivity index (χ1v) is 28.4. The zero-order valence-electron chi connectivity index (χ0n) is 44.8. The van der Waals surface area contributed by atoms with E-state index in [1.165, 1.54) is 0 Å². The molecule has 6 heterocycles. The normalized spacial score (nSPS) is 12.5. The van der Waals surface area contributed by atoms with Crippen LogP contribution in [0.2, 0.25) is 0 Å². The number of rotatable bonds is 14. The van der Waals surface area contributed by atoms with Crippen molar-refractivity contribution in [3.8, 4) is 68.5 Å². The Morgan fingerprint density at radius 1 is 0.271 bits per heavy atom. The average Bonchev–Trinajstić information content (AvgIpc) is 3.19. The van der Waals surface area contributed by atoms with Gasteiger partial charge in [-0.05, 0) is 170 Å². The molecule has 0 spiro atoms. The number of halogens is 12. The van der Waals surface area contributed by atoms with Gasteiger partial charge in [0, 0.05) is 47.5 Å². The van der Waals surface area contributed by atoms with Gasteiger partial charge in [-0.3, -0.25) is 19.9 Å². The van der Waals surface area contributed by atoms with E-state index in [9.17, 15) is 50.4 Å². The standard InChI is InChI=1S/2C29H24N4O2.2F6P.Os/c2*1-34-24-13-9-21(10-14-24)33(22-11-15-25(35-2)16-12-22)23-19-28(26-7-3-5-17-30-26)32-29(20-23)27-8-4-6-18-31-27;2*1-7(2,3,4,5)6;/h2*3-20H,1-2H3;;;/q;;2*-1;+2. The van der Waals surface area contributed by atoms with Crippen LogP contribution in [0.4, 0.5) is 84.5 Å². The zero-order chi connectivity index (χ0) is 60.9. The number of anilines is 6. The summed E-state index contributed by atoms with van der Waals surface area (Å²) in [4.78, 5) is 32.3. The summed E-state index contributed by atoms with van der Waals surface area (Å²) in [5.41, 5.74) is 11.9. The topological polar surface area (TPSA) is 121 Å². The van der Waals surface area contributed by atoms with E-state index < -0.39 is 15.6 Å². The number of benzene rings is 4. The Hall–Kier alpha value is -8.76. The fourth-order valence-corrected chi connectivity index (χ4v) is 7.69. The fraction of sp³-hybridized carbons (Fsp3) is 0.0690. The van der Waals surface area contributed by atoms with Crippen molar-refractivity contribution < 1.29 is 89.1 Å². The molecule has 0 amide bonds. The average molecular weight is 1400 g/mol. The summed E-state index contributed by atoms with van der Waals surface area (Å²) < 4.78 is 140. The van der Waals surface area contributed by atoms with Gasteiger partial charge < -0.3 is 28.7 Å². The molecule has 446 valence electrons. The van der Waals surface area contributed by atoms with Gasteiger partial charge in [0.2, 0.25) is 0 Å². The van der Waals surface area contributed by atoms with Crippen LogP contribution in [0.3, 0.4) is 0 Å². The van der Waals surface area contributed by atoms with Gasteiger partial charge >= 0.3 is 85.8 Å². The van der Waals surface area contributed by atoms with Crippen molar-refractivity contribution in [3.05, 3.63) is 219 Å². The molecule has 0 saturated heterocycles. The van der Waals surface area contributed by atoms with E-state index >= 15 is 0 Å². The SMILES string of the molecule is COc1ccc(N(c2ccc(OC)cc2)c2cc(-c3ccccn3)nc(-c3ccccn3)c2)cc1.COc1ccc(N(c2ccc(OC)cc2)c2cc(-c3ccccn3)nc(-c3ccccn3)c2)cc1.F[P-](F)(F)(F)(F)F.F[P-](F)(F)(F)(F)F.[Os+2]. The second-order valence-electron chi connectivity index (χ2n) is 17.4. The van der Waals surface area contributed by atoms with Crippen LogP contribution in [0.5, 0.6) is 23.0 Å². The van der Waals surface area contributed by atoms with E-state index in [2.05, 4.69) is 29.7 Å². The van der Waals surface area contributed by atoms with Crippen molar-refractivity contribution in [2.24, 2.45) is 0 Å². The molecule has 0 bridgehead atoms. The van der Waals surface area contributed by atoms with Crippen LogP contribution in [0.1, 0.15) is 0 Å². The maximum Gasteiger partial charge on any atom is 2.00 e. The van der Waals surface area contributed by atoms with Gasteiger partial charge in [0.25, 0.3) is 0 Å². The van der Waals surface area contributed by atoms with Gasteiger partial charge in [-0.25, -0.2) is 9.97 Å². The van der Waals surface area contributed by atoms with Crippen molar-refractivity contribution in [1.29, 1.82) is 0 Å². The summed E-state index contributed by atoms with van der Waals surface area (Å²) in [6, 6.07) is 63.3. The molecule has 6 aromatic heterocycles.